The van der Waals surface area contributed by atoms with Crippen LogP contribution in [0.1, 0.15) is 42.5 Å². The molecule has 4 rings (SSSR count). The summed E-state index contributed by atoms with van der Waals surface area (Å²) in [5.74, 6) is 2.62. The van der Waals surface area contributed by atoms with Crippen LogP contribution in [0.2, 0.25) is 0 Å². The summed E-state index contributed by atoms with van der Waals surface area (Å²) in [5, 5.41) is 8.65. The van der Waals surface area contributed by atoms with E-state index in [1.807, 2.05) is 10.6 Å². The van der Waals surface area contributed by atoms with Gasteiger partial charge in [0.15, 0.2) is 11.6 Å². The maximum atomic E-state index is 13.0. The molecule has 0 spiro atoms. The Morgan fingerprint density at radius 1 is 1.12 bits per heavy atom. The number of hydrogen-bond donors (Lipinski definition) is 0. The summed E-state index contributed by atoms with van der Waals surface area (Å²) in [4.78, 5) is 14.8. The second-order valence-electron chi connectivity index (χ2n) is 8.18. The molecule has 0 N–H and O–H groups in total. The molecule has 32 heavy (non-hydrogen) atoms. The molecule has 1 aromatic carbocycles. The lowest BCUT2D eigenvalue weighted by Crippen LogP contribution is -2.42. The highest BCUT2D eigenvalue weighted by Crippen LogP contribution is 2.33. The number of methoxy groups -OCH3 is 2. The number of carbonyl (C=O) groups excluding carboxylic acids is 1. The molecule has 2 aliphatic rings. The fourth-order valence-electron chi connectivity index (χ4n) is 4.49. The van der Waals surface area contributed by atoms with Crippen molar-refractivity contribution in [1.29, 1.82) is 0 Å². The summed E-state index contributed by atoms with van der Waals surface area (Å²) in [6.07, 6.45) is 3.95. The van der Waals surface area contributed by atoms with Gasteiger partial charge in [-0.25, -0.2) is 8.42 Å². The Morgan fingerprint density at radius 2 is 1.94 bits per heavy atom. The van der Waals surface area contributed by atoms with Crippen molar-refractivity contribution in [3.63, 3.8) is 0 Å². The maximum Gasteiger partial charge on any atom is 0.227 e. The van der Waals surface area contributed by atoms with Crippen molar-refractivity contribution in [3.05, 3.63) is 35.4 Å². The zero-order valence-electron chi connectivity index (χ0n) is 18.7. The molecule has 2 aliphatic heterocycles. The van der Waals surface area contributed by atoms with E-state index in [1.54, 1.807) is 31.3 Å². The van der Waals surface area contributed by atoms with Crippen LogP contribution in [-0.4, -0.2) is 71.9 Å². The monoisotopic (exact) mass is 463 g/mol. The normalized spacial score (nSPS) is 19.5. The highest BCUT2D eigenvalue weighted by atomic mass is 32.2. The Hall–Kier alpha value is -2.66. The van der Waals surface area contributed by atoms with Crippen LogP contribution in [0.3, 0.4) is 0 Å². The first-order chi connectivity index (χ1) is 15.3. The summed E-state index contributed by atoms with van der Waals surface area (Å²) in [7, 11) is -0.175. The fraction of sp³-hybridized carbons (Fsp3) is 0.571. The topological polar surface area (TPSA) is 107 Å². The number of hydrogen-bond acceptors (Lipinski definition) is 7. The molecule has 11 heteroatoms. The average Bonchev–Trinajstić information content (AvgIpc) is 3.21. The molecular weight excluding hydrogens is 434 g/mol. The smallest absolute Gasteiger partial charge is 0.227 e. The highest BCUT2D eigenvalue weighted by Gasteiger charge is 2.36. The van der Waals surface area contributed by atoms with Crippen molar-refractivity contribution in [2.75, 3.05) is 33.6 Å². The van der Waals surface area contributed by atoms with Gasteiger partial charge in [-0.2, -0.15) is 4.31 Å². The zero-order chi connectivity index (χ0) is 22.9. The van der Waals surface area contributed by atoms with E-state index in [4.69, 9.17) is 9.47 Å². The Morgan fingerprint density at radius 3 is 2.66 bits per heavy atom. The van der Waals surface area contributed by atoms with Crippen LogP contribution < -0.4 is 9.47 Å². The lowest BCUT2D eigenvalue weighted by Gasteiger charge is -2.34. The minimum Gasteiger partial charge on any atom is -0.497 e. The number of amides is 1. The first kappa shape index (κ1) is 22.5. The predicted molar refractivity (Wildman–Crippen MR) is 117 cm³/mol. The minimum atomic E-state index is -3.33. The third-order valence-electron chi connectivity index (χ3n) is 6.14. The molecule has 1 fully saturated rings. The van der Waals surface area contributed by atoms with E-state index >= 15 is 0 Å². The number of benzene rings is 1. The Bertz CT molecular complexity index is 1100. The van der Waals surface area contributed by atoms with Gasteiger partial charge >= 0.3 is 0 Å². The van der Waals surface area contributed by atoms with Crippen molar-refractivity contribution in [3.8, 4) is 11.5 Å². The lowest BCUT2D eigenvalue weighted by atomic mass is 10.0. The molecule has 1 aromatic heterocycles. The molecule has 174 valence electrons. The van der Waals surface area contributed by atoms with E-state index in [0.717, 1.165) is 24.8 Å². The number of aromatic nitrogens is 3. The number of carbonyl (C=O) groups is 1. The molecule has 0 aliphatic carbocycles. The number of fused-ring (bicyclic) bond motifs is 1. The molecule has 3 heterocycles. The first-order valence-electron chi connectivity index (χ1n) is 10.7. The molecule has 1 saturated heterocycles. The second-order valence-corrected chi connectivity index (χ2v) is 10.1. The van der Waals surface area contributed by atoms with Crippen LogP contribution >= 0.6 is 0 Å². The van der Waals surface area contributed by atoms with E-state index in [0.29, 0.717) is 49.3 Å². The number of nitrogens with zero attached hydrogens (tertiary/aromatic N) is 5. The van der Waals surface area contributed by atoms with Crippen LogP contribution in [0.15, 0.2) is 18.2 Å². The summed E-state index contributed by atoms with van der Waals surface area (Å²) in [5.41, 5.74) is 0.760. The number of rotatable bonds is 6. The van der Waals surface area contributed by atoms with Gasteiger partial charge in [0.2, 0.25) is 15.9 Å². The molecule has 2 aromatic rings. The van der Waals surface area contributed by atoms with Crippen LogP contribution in [0, 0.1) is 0 Å². The molecular formula is C21H29N5O5S. The van der Waals surface area contributed by atoms with E-state index < -0.39 is 10.0 Å². The lowest BCUT2D eigenvalue weighted by molar-refractivity contribution is -0.132. The summed E-state index contributed by atoms with van der Waals surface area (Å²) < 4.78 is 38.7. The van der Waals surface area contributed by atoms with E-state index in [1.165, 1.54) is 10.6 Å². The van der Waals surface area contributed by atoms with Gasteiger partial charge in [0.05, 0.1) is 39.5 Å². The second kappa shape index (κ2) is 9.07. The maximum absolute atomic E-state index is 13.0. The third-order valence-corrected chi connectivity index (χ3v) is 7.43. The van der Waals surface area contributed by atoms with Gasteiger partial charge in [0.1, 0.15) is 11.5 Å². The summed E-state index contributed by atoms with van der Waals surface area (Å²) >= 11 is 0. The minimum absolute atomic E-state index is 0.0391. The highest BCUT2D eigenvalue weighted by molar-refractivity contribution is 7.88. The molecule has 0 saturated carbocycles. The van der Waals surface area contributed by atoms with E-state index in [-0.39, 0.29) is 18.4 Å². The molecule has 1 amide bonds. The largest absolute Gasteiger partial charge is 0.497 e. The number of ether oxygens (including phenoxy) is 2. The van der Waals surface area contributed by atoms with Gasteiger partial charge in [-0.15, -0.1) is 10.2 Å². The molecule has 0 radical (unpaired) electrons. The standard InChI is InChI=1S/C21H29N5O5S/c1-30-16-7-8-18(31-2)15(12-16)13-20(27)24-10-11-25-19(14-24)22-23-21(25)17-6-4-5-9-26(17)32(3,28)29/h7-8,12,17H,4-6,9-11,13-14H2,1-3H3. The first-order valence-corrected chi connectivity index (χ1v) is 12.5. The Balaban J connectivity index is 1.51. The van der Waals surface area contributed by atoms with Crippen molar-refractivity contribution in [2.24, 2.45) is 0 Å². The van der Waals surface area contributed by atoms with Crippen molar-refractivity contribution < 1.29 is 22.7 Å². The van der Waals surface area contributed by atoms with Crippen LogP contribution in [-0.2, 0) is 34.3 Å². The molecule has 0 bridgehead atoms. The van der Waals surface area contributed by atoms with Gasteiger partial charge in [-0.05, 0) is 31.0 Å². The van der Waals surface area contributed by atoms with Gasteiger partial charge in [0.25, 0.3) is 0 Å². The molecule has 1 atom stereocenters. The third kappa shape index (κ3) is 4.44. The predicted octanol–water partition coefficient (Wildman–Crippen LogP) is 1.37. The quantitative estimate of drug-likeness (QED) is 0.637. The van der Waals surface area contributed by atoms with Crippen LogP contribution in [0.25, 0.3) is 0 Å². The zero-order valence-corrected chi connectivity index (χ0v) is 19.5. The Labute approximate surface area is 188 Å². The van der Waals surface area contributed by atoms with Gasteiger partial charge in [0, 0.05) is 25.2 Å². The SMILES string of the molecule is COc1ccc(OC)c(CC(=O)N2CCn3c(nnc3C3CCCCN3S(C)(=O)=O)C2)c1. The van der Waals surface area contributed by atoms with E-state index in [2.05, 4.69) is 10.2 Å². The Kier molecular flexibility index (Phi) is 6.38. The van der Waals surface area contributed by atoms with Gasteiger partial charge in [-0.3, -0.25) is 4.79 Å². The van der Waals surface area contributed by atoms with Crippen molar-refractivity contribution >= 4 is 15.9 Å². The van der Waals surface area contributed by atoms with Gasteiger partial charge < -0.3 is 18.9 Å². The fourth-order valence-corrected chi connectivity index (χ4v) is 5.62. The van der Waals surface area contributed by atoms with Gasteiger partial charge in [-0.1, -0.05) is 6.42 Å². The van der Waals surface area contributed by atoms with Crippen molar-refractivity contribution in [1.82, 2.24) is 24.0 Å². The van der Waals surface area contributed by atoms with E-state index in [9.17, 15) is 13.2 Å². The van der Waals surface area contributed by atoms with Crippen molar-refractivity contribution in [2.45, 2.75) is 44.8 Å². The number of piperidine rings is 1. The van der Waals surface area contributed by atoms with Crippen LogP contribution in [0.4, 0.5) is 0 Å². The van der Waals surface area contributed by atoms with Crippen LogP contribution in [0.5, 0.6) is 11.5 Å². The summed E-state index contributed by atoms with van der Waals surface area (Å²) in [6, 6.07) is 5.09. The number of sulfonamides is 1. The summed E-state index contributed by atoms with van der Waals surface area (Å²) in [6.45, 7) is 1.88. The molecule has 10 nitrogen and oxygen atoms in total. The molecule has 1 unspecified atom stereocenters. The average molecular weight is 464 g/mol.